The topological polar surface area (TPSA) is 61.1 Å². The second kappa shape index (κ2) is 13.5. The van der Waals surface area contributed by atoms with Gasteiger partial charge in [0.05, 0.1) is 16.4 Å². The van der Waals surface area contributed by atoms with E-state index < -0.39 is 0 Å². The molecule has 0 saturated carbocycles. The molecule has 3 aromatic rings. The summed E-state index contributed by atoms with van der Waals surface area (Å²) in [6.45, 7) is 6.06. The van der Waals surface area contributed by atoms with Gasteiger partial charge < -0.3 is 5.43 Å². The molecule has 2 aromatic carbocycles. The van der Waals surface area contributed by atoms with Crippen molar-refractivity contribution in [1.29, 1.82) is 5.41 Å². The van der Waals surface area contributed by atoms with Gasteiger partial charge in [-0.25, -0.2) is 4.98 Å². The predicted octanol–water partition coefficient (Wildman–Crippen LogP) is 6.42. The lowest BCUT2D eigenvalue weighted by molar-refractivity contribution is 0.672. The van der Waals surface area contributed by atoms with Crippen molar-refractivity contribution in [2.24, 2.45) is 5.10 Å². The van der Waals surface area contributed by atoms with E-state index in [4.69, 9.17) is 5.41 Å². The van der Waals surface area contributed by atoms with Crippen LogP contribution in [0.2, 0.25) is 0 Å². The zero-order valence-electron chi connectivity index (χ0n) is 19.1. The fraction of sp³-hybridized carbons (Fsp3) is 0.346. The van der Waals surface area contributed by atoms with Gasteiger partial charge in [-0.1, -0.05) is 68.8 Å². The average Bonchev–Trinajstić information content (AvgIpc) is 3.24. The Balaban J connectivity index is 0.00000166. The van der Waals surface area contributed by atoms with E-state index in [1.807, 2.05) is 50.2 Å². The van der Waals surface area contributed by atoms with E-state index in [-0.39, 0.29) is 0 Å². The largest absolute Gasteiger partial charge is 0.312 e. The summed E-state index contributed by atoms with van der Waals surface area (Å²) in [6, 6.07) is 18.2. The zero-order chi connectivity index (χ0) is 22.5. The van der Waals surface area contributed by atoms with Crippen LogP contribution in [0.1, 0.15) is 60.5 Å². The standard InChI is InChI=1S/C24H28N4S.C2H6/c1-18-27-22(17-29-18)15-8-3-5-10-19-11-9-14-21(16-19)24(28-26-2)23(25)20-12-6-4-7-13-20;1-2/h4,6-7,9,11-14,16-17,25-26H,3,5,8,10,15H2,1-2H3;1-2H3/b25-23?,28-24-;. The Hall–Kier alpha value is -2.79. The number of unbranched alkanes of at least 4 members (excludes halogenated alkanes) is 2. The Bertz CT molecular complexity index is 960. The number of hydrogen-bond donors (Lipinski definition) is 2. The van der Waals surface area contributed by atoms with Crippen LogP contribution in [-0.2, 0) is 12.8 Å². The molecule has 5 heteroatoms. The Morgan fingerprint density at radius 2 is 1.68 bits per heavy atom. The van der Waals surface area contributed by atoms with Crippen molar-refractivity contribution in [3.63, 3.8) is 0 Å². The maximum atomic E-state index is 8.60. The summed E-state index contributed by atoms with van der Waals surface area (Å²) in [5.41, 5.74) is 8.30. The molecule has 164 valence electrons. The molecule has 0 aliphatic carbocycles. The lowest BCUT2D eigenvalue weighted by Crippen LogP contribution is -2.19. The second-order valence-electron chi connectivity index (χ2n) is 7.04. The lowest BCUT2D eigenvalue weighted by atomic mass is 9.97. The normalized spacial score (nSPS) is 10.9. The molecule has 0 aliphatic heterocycles. The average molecular weight is 435 g/mol. The van der Waals surface area contributed by atoms with Gasteiger partial charge in [0.15, 0.2) is 0 Å². The number of hydrogen-bond acceptors (Lipinski definition) is 5. The van der Waals surface area contributed by atoms with Crippen molar-refractivity contribution in [3.05, 3.63) is 87.4 Å². The van der Waals surface area contributed by atoms with Crippen LogP contribution in [0.5, 0.6) is 0 Å². The Labute approximate surface area is 191 Å². The predicted molar refractivity (Wildman–Crippen MR) is 135 cm³/mol. The minimum absolute atomic E-state index is 0.427. The van der Waals surface area contributed by atoms with Gasteiger partial charge in [-0.15, -0.1) is 11.3 Å². The van der Waals surface area contributed by atoms with Crippen molar-refractivity contribution in [2.45, 2.75) is 52.9 Å². The van der Waals surface area contributed by atoms with Crippen LogP contribution in [0.3, 0.4) is 0 Å². The van der Waals surface area contributed by atoms with Gasteiger partial charge in [0.25, 0.3) is 0 Å². The molecule has 2 N–H and O–H groups in total. The molecule has 1 heterocycles. The highest BCUT2D eigenvalue weighted by Gasteiger charge is 2.13. The van der Waals surface area contributed by atoms with E-state index >= 15 is 0 Å². The SMILES string of the molecule is CC.CN/N=C(\C(=N)c1ccccc1)c1cccc(CCCCCc2csc(C)n2)c1. The summed E-state index contributed by atoms with van der Waals surface area (Å²) in [5, 5.41) is 16.3. The molecule has 0 aliphatic rings. The number of hydrazone groups is 1. The quantitative estimate of drug-likeness (QED) is 0.219. The maximum absolute atomic E-state index is 8.60. The maximum Gasteiger partial charge on any atom is 0.116 e. The lowest BCUT2D eigenvalue weighted by Gasteiger charge is -2.10. The molecule has 0 atom stereocenters. The number of benzene rings is 2. The van der Waals surface area contributed by atoms with Gasteiger partial charge in [-0.05, 0) is 44.2 Å². The molecule has 0 amide bonds. The van der Waals surface area contributed by atoms with Crippen LogP contribution < -0.4 is 5.43 Å². The summed E-state index contributed by atoms with van der Waals surface area (Å²) < 4.78 is 0. The Kier molecular flexibility index (Phi) is 10.7. The highest BCUT2D eigenvalue weighted by atomic mass is 32.1. The molecule has 0 unspecified atom stereocenters. The molecule has 3 rings (SSSR count). The summed E-state index contributed by atoms with van der Waals surface area (Å²) in [7, 11) is 1.77. The Morgan fingerprint density at radius 3 is 2.35 bits per heavy atom. The van der Waals surface area contributed by atoms with Crippen molar-refractivity contribution in [3.8, 4) is 0 Å². The van der Waals surface area contributed by atoms with E-state index in [2.05, 4.69) is 46.0 Å². The van der Waals surface area contributed by atoms with Crippen LogP contribution in [0.15, 0.2) is 65.1 Å². The zero-order valence-corrected chi connectivity index (χ0v) is 19.9. The van der Waals surface area contributed by atoms with Gasteiger partial charge in [0, 0.05) is 23.6 Å². The number of aromatic nitrogens is 1. The van der Waals surface area contributed by atoms with Crippen molar-refractivity contribution in [2.75, 3.05) is 7.05 Å². The first kappa shape index (κ1) is 24.5. The molecule has 0 saturated heterocycles. The van der Waals surface area contributed by atoms with Crippen LogP contribution in [0.25, 0.3) is 0 Å². The van der Waals surface area contributed by atoms with Gasteiger partial charge in [-0.2, -0.15) is 5.10 Å². The third-order valence-corrected chi connectivity index (χ3v) is 5.61. The molecule has 0 spiro atoms. The van der Waals surface area contributed by atoms with E-state index in [0.29, 0.717) is 11.4 Å². The van der Waals surface area contributed by atoms with Crippen LogP contribution in [0.4, 0.5) is 0 Å². The molecular weight excluding hydrogens is 400 g/mol. The number of nitrogens with zero attached hydrogens (tertiary/aromatic N) is 2. The summed E-state index contributed by atoms with van der Waals surface area (Å²) in [5.74, 6) is 0. The molecule has 0 bridgehead atoms. The number of aryl methyl sites for hydroxylation is 3. The summed E-state index contributed by atoms with van der Waals surface area (Å²) in [6.07, 6.45) is 5.63. The molecule has 4 nitrogen and oxygen atoms in total. The Morgan fingerprint density at radius 1 is 0.968 bits per heavy atom. The minimum atomic E-state index is 0.427. The van der Waals surface area contributed by atoms with Crippen LogP contribution in [0, 0.1) is 12.3 Å². The van der Waals surface area contributed by atoms with Gasteiger partial charge in [0.2, 0.25) is 0 Å². The first-order valence-corrected chi connectivity index (χ1v) is 11.9. The third kappa shape index (κ3) is 7.76. The molecule has 1 aromatic heterocycles. The number of nitrogens with one attached hydrogen (secondary N) is 2. The highest BCUT2D eigenvalue weighted by Crippen LogP contribution is 2.15. The molecule has 0 radical (unpaired) electrons. The summed E-state index contributed by atoms with van der Waals surface area (Å²) >= 11 is 1.73. The third-order valence-electron chi connectivity index (χ3n) is 4.79. The molecule has 31 heavy (non-hydrogen) atoms. The van der Waals surface area contributed by atoms with Gasteiger partial charge in [0.1, 0.15) is 5.71 Å². The number of thiazole rings is 1. The molecule has 0 fully saturated rings. The second-order valence-corrected chi connectivity index (χ2v) is 8.11. The smallest absolute Gasteiger partial charge is 0.116 e. The van der Waals surface area contributed by atoms with Crippen molar-refractivity contribution in [1.82, 2.24) is 10.4 Å². The van der Waals surface area contributed by atoms with E-state index in [9.17, 15) is 0 Å². The van der Waals surface area contributed by atoms with Crippen LogP contribution >= 0.6 is 11.3 Å². The fourth-order valence-corrected chi connectivity index (χ4v) is 3.97. The van der Waals surface area contributed by atoms with Gasteiger partial charge >= 0.3 is 0 Å². The molecular formula is C26H34N4S. The summed E-state index contributed by atoms with van der Waals surface area (Å²) in [4.78, 5) is 4.54. The minimum Gasteiger partial charge on any atom is -0.312 e. The van der Waals surface area contributed by atoms with Crippen molar-refractivity contribution < 1.29 is 0 Å². The first-order valence-electron chi connectivity index (χ1n) is 11.1. The van der Waals surface area contributed by atoms with Crippen LogP contribution in [-0.4, -0.2) is 23.5 Å². The van der Waals surface area contributed by atoms with Crippen molar-refractivity contribution >= 4 is 22.8 Å². The number of rotatable bonds is 10. The first-order chi connectivity index (χ1) is 15.2. The fourth-order valence-electron chi connectivity index (χ4n) is 3.33. The van der Waals surface area contributed by atoms with E-state index in [1.54, 1.807) is 18.4 Å². The highest BCUT2D eigenvalue weighted by molar-refractivity contribution is 7.09. The van der Waals surface area contributed by atoms with E-state index in [1.165, 1.54) is 24.1 Å². The monoisotopic (exact) mass is 434 g/mol. The van der Waals surface area contributed by atoms with E-state index in [0.717, 1.165) is 35.4 Å². The van der Waals surface area contributed by atoms with Gasteiger partial charge in [-0.3, -0.25) is 5.41 Å².